The summed E-state index contributed by atoms with van der Waals surface area (Å²) in [6.07, 6.45) is 6.23. The Morgan fingerprint density at radius 2 is 1.67 bits per heavy atom. The van der Waals surface area contributed by atoms with Crippen molar-refractivity contribution >= 4 is 0 Å². The number of nitriles is 1. The molecule has 0 aliphatic carbocycles. The molecule has 0 fully saturated rings. The third-order valence-corrected chi connectivity index (χ3v) is 3.08. The monoisotopic (exact) mass is 245 g/mol. The average molecular weight is 245 g/mol. The zero-order valence-electron chi connectivity index (χ0n) is 11.8. The van der Waals surface area contributed by atoms with E-state index in [0.717, 1.165) is 29.9 Å². The second-order valence-corrected chi connectivity index (χ2v) is 4.81. The lowest BCUT2D eigenvalue weighted by Gasteiger charge is -2.12. The first-order chi connectivity index (χ1) is 8.69. The van der Waals surface area contributed by atoms with Crippen molar-refractivity contribution in [2.45, 2.75) is 52.9 Å². The molecule has 0 heterocycles. The number of hydrogen-bond acceptors (Lipinski definition) is 2. The fourth-order valence-corrected chi connectivity index (χ4v) is 2.12. The van der Waals surface area contributed by atoms with Crippen LogP contribution >= 0.6 is 0 Å². The van der Waals surface area contributed by atoms with E-state index in [1.165, 1.54) is 25.7 Å². The molecular weight excluding hydrogens is 222 g/mol. The van der Waals surface area contributed by atoms with Crippen molar-refractivity contribution in [2.24, 2.45) is 0 Å². The summed E-state index contributed by atoms with van der Waals surface area (Å²) >= 11 is 0. The molecule has 1 rings (SSSR count). The van der Waals surface area contributed by atoms with Crippen LogP contribution in [-0.4, -0.2) is 6.61 Å². The number of hydrogen-bond donors (Lipinski definition) is 0. The highest BCUT2D eigenvalue weighted by Crippen LogP contribution is 2.24. The Morgan fingerprint density at radius 3 is 2.22 bits per heavy atom. The summed E-state index contributed by atoms with van der Waals surface area (Å²) in [5.41, 5.74) is 2.82. The number of ether oxygens (including phenoxy) is 1. The first-order valence-corrected chi connectivity index (χ1v) is 6.83. The van der Waals surface area contributed by atoms with Crippen molar-refractivity contribution in [1.29, 1.82) is 5.26 Å². The Bertz CT molecular complexity index is 395. The molecule has 0 saturated carbocycles. The maximum atomic E-state index is 8.88. The van der Waals surface area contributed by atoms with Gasteiger partial charge in [0, 0.05) is 0 Å². The maximum absolute atomic E-state index is 8.88. The Labute approximate surface area is 111 Å². The van der Waals surface area contributed by atoms with E-state index in [0.29, 0.717) is 5.56 Å². The number of benzene rings is 1. The Balaban J connectivity index is 2.45. The standard InChI is InChI=1S/C16H23NO/c1-4-5-6-7-8-9-18-16-13(2)10-15(12-17)11-14(16)3/h10-11H,4-9H2,1-3H3. The molecule has 0 aliphatic heterocycles. The highest BCUT2D eigenvalue weighted by molar-refractivity contribution is 5.47. The predicted molar refractivity (Wildman–Crippen MR) is 74.9 cm³/mol. The molecule has 0 aliphatic rings. The minimum atomic E-state index is 0.709. The molecule has 2 heteroatoms. The van der Waals surface area contributed by atoms with Crippen LogP contribution in [0.1, 0.15) is 55.7 Å². The lowest BCUT2D eigenvalue weighted by Crippen LogP contribution is -2.01. The quantitative estimate of drug-likeness (QED) is 0.661. The molecule has 0 atom stereocenters. The van der Waals surface area contributed by atoms with Crippen LogP contribution in [0.3, 0.4) is 0 Å². The van der Waals surface area contributed by atoms with Gasteiger partial charge in [0.25, 0.3) is 0 Å². The summed E-state index contributed by atoms with van der Waals surface area (Å²) in [5, 5.41) is 8.88. The Hall–Kier alpha value is -1.49. The molecule has 1 aromatic carbocycles. The van der Waals surface area contributed by atoms with Gasteiger partial charge in [-0.2, -0.15) is 5.26 Å². The second-order valence-electron chi connectivity index (χ2n) is 4.81. The van der Waals surface area contributed by atoms with Gasteiger partial charge < -0.3 is 4.74 Å². The lowest BCUT2D eigenvalue weighted by atomic mass is 10.1. The van der Waals surface area contributed by atoms with Crippen LogP contribution in [0.4, 0.5) is 0 Å². The van der Waals surface area contributed by atoms with E-state index < -0.39 is 0 Å². The summed E-state index contributed by atoms with van der Waals surface area (Å²) in [6.45, 7) is 7.00. The van der Waals surface area contributed by atoms with Crippen molar-refractivity contribution in [2.75, 3.05) is 6.61 Å². The largest absolute Gasteiger partial charge is 0.493 e. The van der Waals surface area contributed by atoms with E-state index in [1.807, 2.05) is 26.0 Å². The van der Waals surface area contributed by atoms with E-state index in [9.17, 15) is 0 Å². The molecule has 18 heavy (non-hydrogen) atoms. The first kappa shape index (κ1) is 14.6. The minimum Gasteiger partial charge on any atom is -0.493 e. The van der Waals surface area contributed by atoms with Crippen LogP contribution in [-0.2, 0) is 0 Å². The van der Waals surface area contributed by atoms with Crippen LogP contribution < -0.4 is 4.74 Å². The van der Waals surface area contributed by atoms with Gasteiger partial charge >= 0.3 is 0 Å². The first-order valence-electron chi connectivity index (χ1n) is 6.83. The molecule has 2 nitrogen and oxygen atoms in total. The predicted octanol–water partition coefficient (Wildman–Crippen LogP) is 4.52. The Kier molecular flexibility index (Phi) is 6.28. The van der Waals surface area contributed by atoms with Gasteiger partial charge in [0.1, 0.15) is 5.75 Å². The topological polar surface area (TPSA) is 33.0 Å². The molecule has 0 saturated heterocycles. The van der Waals surface area contributed by atoms with E-state index in [2.05, 4.69) is 13.0 Å². The van der Waals surface area contributed by atoms with Crippen molar-refractivity contribution in [3.8, 4) is 11.8 Å². The third kappa shape index (κ3) is 4.41. The molecule has 0 radical (unpaired) electrons. The summed E-state index contributed by atoms with van der Waals surface area (Å²) in [5.74, 6) is 0.949. The van der Waals surface area contributed by atoms with Crippen molar-refractivity contribution in [3.63, 3.8) is 0 Å². The number of unbranched alkanes of at least 4 members (excludes halogenated alkanes) is 4. The van der Waals surface area contributed by atoms with E-state index in [1.54, 1.807) is 0 Å². The molecule has 0 unspecified atom stereocenters. The number of rotatable bonds is 7. The van der Waals surface area contributed by atoms with Gasteiger partial charge in [-0.3, -0.25) is 0 Å². The summed E-state index contributed by atoms with van der Waals surface area (Å²) in [7, 11) is 0. The van der Waals surface area contributed by atoms with Gasteiger partial charge in [-0.15, -0.1) is 0 Å². The number of nitrogens with zero attached hydrogens (tertiary/aromatic N) is 1. The molecule has 0 spiro atoms. The van der Waals surface area contributed by atoms with Gasteiger partial charge in [-0.1, -0.05) is 32.6 Å². The van der Waals surface area contributed by atoms with Gasteiger partial charge in [-0.05, 0) is 43.5 Å². The van der Waals surface area contributed by atoms with E-state index >= 15 is 0 Å². The van der Waals surface area contributed by atoms with Crippen LogP contribution in [0.15, 0.2) is 12.1 Å². The average Bonchev–Trinajstić information content (AvgIpc) is 2.35. The van der Waals surface area contributed by atoms with Crippen LogP contribution in [0.25, 0.3) is 0 Å². The smallest absolute Gasteiger partial charge is 0.125 e. The minimum absolute atomic E-state index is 0.709. The summed E-state index contributed by atoms with van der Waals surface area (Å²) in [4.78, 5) is 0. The highest BCUT2D eigenvalue weighted by atomic mass is 16.5. The van der Waals surface area contributed by atoms with Crippen LogP contribution in [0.5, 0.6) is 5.75 Å². The summed E-state index contributed by atoms with van der Waals surface area (Å²) in [6, 6.07) is 5.95. The highest BCUT2D eigenvalue weighted by Gasteiger charge is 2.06. The zero-order chi connectivity index (χ0) is 13.4. The Morgan fingerprint density at radius 1 is 1.06 bits per heavy atom. The van der Waals surface area contributed by atoms with E-state index in [4.69, 9.17) is 10.00 Å². The fourth-order valence-electron chi connectivity index (χ4n) is 2.12. The van der Waals surface area contributed by atoms with Crippen molar-refractivity contribution < 1.29 is 4.74 Å². The lowest BCUT2D eigenvalue weighted by molar-refractivity contribution is 0.300. The SMILES string of the molecule is CCCCCCCOc1c(C)cc(C#N)cc1C. The molecule has 0 amide bonds. The normalized spacial score (nSPS) is 10.1. The molecule has 0 N–H and O–H groups in total. The van der Waals surface area contributed by atoms with Gasteiger partial charge in [0.2, 0.25) is 0 Å². The maximum Gasteiger partial charge on any atom is 0.125 e. The zero-order valence-corrected chi connectivity index (χ0v) is 11.8. The second kappa shape index (κ2) is 7.76. The van der Waals surface area contributed by atoms with Gasteiger partial charge in [0.05, 0.1) is 18.2 Å². The van der Waals surface area contributed by atoms with Crippen molar-refractivity contribution in [1.82, 2.24) is 0 Å². The van der Waals surface area contributed by atoms with Crippen LogP contribution in [0, 0.1) is 25.2 Å². The van der Waals surface area contributed by atoms with Crippen LogP contribution in [0.2, 0.25) is 0 Å². The molecule has 0 bridgehead atoms. The van der Waals surface area contributed by atoms with Crippen molar-refractivity contribution in [3.05, 3.63) is 28.8 Å². The van der Waals surface area contributed by atoms with Gasteiger partial charge in [-0.25, -0.2) is 0 Å². The molecule has 1 aromatic rings. The number of aryl methyl sites for hydroxylation is 2. The van der Waals surface area contributed by atoms with E-state index in [-0.39, 0.29) is 0 Å². The fraction of sp³-hybridized carbons (Fsp3) is 0.562. The molecule has 98 valence electrons. The van der Waals surface area contributed by atoms with Gasteiger partial charge in [0.15, 0.2) is 0 Å². The third-order valence-electron chi connectivity index (χ3n) is 3.08. The molecular formula is C16H23NO. The molecule has 0 aromatic heterocycles. The summed E-state index contributed by atoms with van der Waals surface area (Å²) < 4.78 is 5.84.